The van der Waals surface area contributed by atoms with Gasteiger partial charge >= 0.3 is 0 Å². The third-order valence-corrected chi connectivity index (χ3v) is 4.98. The van der Waals surface area contributed by atoms with Gasteiger partial charge < -0.3 is 14.2 Å². The van der Waals surface area contributed by atoms with Gasteiger partial charge in [0.15, 0.2) is 0 Å². The van der Waals surface area contributed by atoms with Gasteiger partial charge in [0.25, 0.3) is 0 Å². The third-order valence-electron chi connectivity index (χ3n) is 4.98. The lowest BCUT2D eigenvalue weighted by Gasteiger charge is -2.06. The maximum Gasteiger partial charge on any atom is 0.111 e. The minimum atomic E-state index is 0.572. The molecule has 0 radical (unpaired) electrons. The van der Waals surface area contributed by atoms with Gasteiger partial charge in [-0.25, -0.2) is 0 Å². The normalized spacial score (nSPS) is 11.0. The van der Waals surface area contributed by atoms with Crippen molar-refractivity contribution in [2.45, 2.75) is 110 Å². The van der Waals surface area contributed by atoms with Gasteiger partial charge in [-0.1, -0.05) is 110 Å². The molecule has 0 aromatic rings. The highest BCUT2D eigenvalue weighted by Crippen LogP contribution is 2.13. The van der Waals surface area contributed by atoms with Crippen LogP contribution in [0.2, 0.25) is 0 Å². The molecule has 0 unspecified atom stereocenters. The van der Waals surface area contributed by atoms with E-state index in [0.717, 1.165) is 6.61 Å². The summed E-state index contributed by atoms with van der Waals surface area (Å²) < 4.78 is 15.9. The smallest absolute Gasteiger partial charge is 0.111 e. The summed E-state index contributed by atoms with van der Waals surface area (Å²) in [6.45, 7) is 9.16. The molecule has 0 atom stereocenters. The second kappa shape index (κ2) is 25.5. The second-order valence-corrected chi connectivity index (χ2v) is 7.57. The van der Waals surface area contributed by atoms with Crippen LogP contribution in [-0.4, -0.2) is 33.0 Å². The molecule has 0 aliphatic carbocycles. The highest BCUT2D eigenvalue weighted by atomic mass is 16.5. The molecule has 162 valence electrons. The lowest BCUT2D eigenvalue weighted by Crippen LogP contribution is -2.08. The fraction of sp³-hybridized carbons (Fsp3) is 0.917. The SMILES string of the molecule is C=COCCOCCOCCCCCCCCCCCCCCCCCC. The van der Waals surface area contributed by atoms with Crippen LogP contribution in [0.4, 0.5) is 0 Å². The largest absolute Gasteiger partial charge is 0.499 e. The van der Waals surface area contributed by atoms with Crippen LogP contribution in [0.5, 0.6) is 0 Å². The topological polar surface area (TPSA) is 27.7 Å². The minimum absolute atomic E-state index is 0.572. The van der Waals surface area contributed by atoms with E-state index in [4.69, 9.17) is 14.2 Å². The van der Waals surface area contributed by atoms with E-state index < -0.39 is 0 Å². The highest BCUT2D eigenvalue weighted by Gasteiger charge is 1.95. The van der Waals surface area contributed by atoms with Crippen molar-refractivity contribution in [2.24, 2.45) is 0 Å². The zero-order valence-corrected chi connectivity index (χ0v) is 18.4. The molecule has 3 nitrogen and oxygen atoms in total. The van der Waals surface area contributed by atoms with E-state index in [0.29, 0.717) is 26.4 Å². The van der Waals surface area contributed by atoms with Crippen molar-refractivity contribution in [1.82, 2.24) is 0 Å². The summed E-state index contributed by atoms with van der Waals surface area (Å²) in [5, 5.41) is 0. The second-order valence-electron chi connectivity index (χ2n) is 7.57. The molecule has 0 fully saturated rings. The van der Waals surface area contributed by atoms with Crippen LogP contribution in [0.15, 0.2) is 12.8 Å². The Hall–Kier alpha value is -0.540. The molecule has 0 aliphatic heterocycles. The van der Waals surface area contributed by atoms with E-state index in [1.807, 2.05) is 0 Å². The van der Waals surface area contributed by atoms with Crippen molar-refractivity contribution in [1.29, 1.82) is 0 Å². The van der Waals surface area contributed by atoms with Crippen LogP contribution in [0.3, 0.4) is 0 Å². The number of hydrogen-bond acceptors (Lipinski definition) is 3. The van der Waals surface area contributed by atoms with Crippen LogP contribution in [0, 0.1) is 0 Å². The first-order valence-electron chi connectivity index (χ1n) is 11.8. The third kappa shape index (κ3) is 25.5. The fourth-order valence-electron chi connectivity index (χ4n) is 3.26. The van der Waals surface area contributed by atoms with Gasteiger partial charge in [-0.2, -0.15) is 0 Å². The Balaban J connectivity index is 2.96. The Morgan fingerprint density at radius 1 is 0.481 bits per heavy atom. The van der Waals surface area contributed by atoms with Gasteiger partial charge in [0, 0.05) is 6.61 Å². The molecule has 0 aromatic carbocycles. The van der Waals surface area contributed by atoms with Crippen LogP contribution in [0.1, 0.15) is 110 Å². The first-order valence-corrected chi connectivity index (χ1v) is 11.8. The number of ether oxygens (including phenoxy) is 3. The summed E-state index contributed by atoms with van der Waals surface area (Å²) >= 11 is 0. The molecule has 0 amide bonds. The molecule has 0 heterocycles. The van der Waals surface area contributed by atoms with Crippen molar-refractivity contribution >= 4 is 0 Å². The minimum Gasteiger partial charge on any atom is -0.499 e. The van der Waals surface area contributed by atoms with E-state index in [1.54, 1.807) is 0 Å². The monoisotopic (exact) mass is 384 g/mol. The maximum atomic E-state index is 5.57. The molecular weight excluding hydrogens is 336 g/mol. The summed E-state index contributed by atoms with van der Waals surface area (Å²) in [5.74, 6) is 0. The van der Waals surface area contributed by atoms with Gasteiger partial charge in [-0.05, 0) is 6.42 Å². The van der Waals surface area contributed by atoms with Crippen LogP contribution >= 0.6 is 0 Å². The Kier molecular flexibility index (Phi) is 25.0. The Morgan fingerprint density at radius 3 is 1.30 bits per heavy atom. The van der Waals surface area contributed by atoms with Gasteiger partial charge in [0.1, 0.15) is 6.61 Å². The summed E-state index contributed by atoms with van der Waals surface area (Å²) in [5.41, 5.74) is 0. The molecule has 0 saturated carbocycles. The van der Waals surface area contributed by atoms with Crippen LogP contribution < -0.4 is 0 Å². The Bertz CT molecular complexity index is 268. The van der Waals surface area contributed by atoms with Gasteiger partial charge in [0.05, 0.1) is 26.1 Å². The van der Waals surface area contributed by atoms with E-state index in [-0.39, 0.29) is 0 Å². The fourth-order valence-corrected chi connectivity index (χ4v) is 3.26. The number of hydrogen-bond donors (Lipinski definition) is 0. The maximum absolute atomic E-state index is 5.57. The van der Waals surface area contributed by atoms with Crippen molar-refractivity contribution in [3.63, 3.8) is 0 Å². The molecule has 0 spiro atoms. The molecule has 0 aliphatic rings. The van der Waals surface area contributed by atoms with E-state index in [1.165, 1.54) is 109 Å². The van der Waals surface area contributed by atoms with Gasteiger partial charge in [-0.3, -0.25) is 0 Å². The molecule has 0 aromatic heterocycles. The molecule has 27 heavy (non-hydrogen) atoms. The highest BCUT2D eigenvalue weighted by molar-refractivity contribution is 4.50. The Labute approximate surface area is 170 Å². The van der Waals surface area contributed by atoms with Crippen molar-refractivity contribution in [2.75, 3.05) is 33.0 Å². The quantitative estimate of drug-likeness (QED) is 0.128. The standard InChI is InChI=1S/C24H48O3/c1-3-5-6-7-8-9-10-11-12-13-14-15-16-17-18-19-20-26-23-24-27-22-21-25-4-2/h4H,2-3,5-24H2,1H3. The molecule has 0 rings (SSSR count). The molecule has 0 N–H and O–H groups in total. The zero-order chi connectivity index (χ0) is 19.7. The van der Waals surface area contributed by atoms with E-state index in [9.17, 15) is 0 Å². The lowest BCUT2D eigenvalue weighted by molar-refractivity contribution is 0.0296. The first-order chi connectivity index (χ1) is 13.4. The summed E-state index contributed by atoms with van der Waals surface area (Å²) in [7, 11) is 0. The summed E-state index contributed by atoms with van der Waals surface area (Å²) in [4.78, 5) is 0. The molecule has 0 saturated heterocycles. The van der Waals surface area contributed by atoms with Crippen molar-refractivity contribution < 1.29 is 14.2 Å². The zero-order valence-electron chi connectivity index (χ0n) is 18.4. The van der Waals surface area contributed by atoms with Crippen molar-refractivity contribution in [3.8, 4) is 0 Å². The first kappa shape index (κ1) is 26.5. The van der Waals surface area contributed by atoms with Crippen LogP contribution in [0.25, 0.3) is 0 Å². The van der Waals surface area contributed by atoms with E-state index >= 15 is 0 Å². The van der Waals surface area contributed by atoms with Crippen LogP contribution in [-0.2, 0) is 14.2 Å². The average Bonchev–Trinajstić information content (AvgIpc) is 2.68. The predicted octanol–water partition coefficient (Wildman–Crippen LogP) is 7.44. The van der Waals surface area contributed by atoms with Gasteiger partial charge in [0.2, 0.25) is 0 Å². The summed E-state index contributed by atoms with van der Waals surface area (Å²) in [6.07, 6.45) is 23.9. The van der Waals surface area contributed by atoms with E-state index in [2.05, 4.69) is 13.5 Å². The average molecular weight is 385 g/mol. The molecule has 3 heteroatoms. The summed E-state index contributed by atoms with van der Waals surface area (Å²) in [6, 6.07) is 0. The van der Waals surface area contributed by atoms with Gasteiger partial charge in [-0.15, -0.1) is 0 Å². The predicted molar refractivity (Wildman–Crippen MR) is 117 cm³/mol. The Morgan fingerprint density at radius 2 is 0.852 bits per heavy atom. The molecular formula is C24H48O3. The lowest BCUT2D eigenvalue weighted by atomic mass is 10.0. The number of rotatable bonds is 24. The molecule has 0 bridgehead atoms. The number of unbranched alkanes of at least 4 members (excludes halogenated alkanes) is 15. The van der Waals surface area contributed by atoms with Crippen molar-refractivity contribution in [3.05, 3.63) is 12.8 Å².